The van der Waals surface area contributed by atoms with Gasteiger partial charge in [-0.1, -0.05) is 36.8 Å². The molecule has 0 aliphatic carbocycles. The quantitative estimate of drug-likeness (QED) is 0.567. The predicted molar refractivity (Wildman–Crippen MR) is 121 cm³/mol. The summed E-state index contributed by atoms with van der Waals surface area (Å²) in [5.41, 5.74) is 3.03. The fourth-order valence-corrected chi connectivity index (χ4v) is 3.41. The van der Waals surface area contributed by atoms with Gasteiger partial charge in [-0.25, -0.2) is 9.78 Å². The third-order valence-electron chi connectivity index (χ3n) is 5.21. The van der Waals surface area contributed by atoms with Gasteiger partial charge in [0, 0.05) is 5.69 Å². The zero-order valence-electron chi connectivity index (χ0n) is 18.2. The highest BCUT2D eigenvalue weighted by Crippen LogP contribution is 2.16. The van der Waals surface area contributed by atoms with Gasteiger partial charge < -0.3 is 10.3 Å². The minimum atomic E-state index is -0.605. The lowest BCUT2D eigenvalue weighted by atomic mass is 10.1. The Morgan fingerprint density at radius 2 is 1.90 bits per heavy atom. The van der Waals surface area contributed by atoms with Crippen molar-refractivity contribution >= 4 is 28.5 Å². The van der Waals surface area contributed by atoms with Crippen LogP contribution in [0, 0.1) is 13.8 Å². The predicted octanol–water partition coefficient (Wildman–Crippen LogP) is 3.10. The molecule has 0 bridgehead atoms. The number of fused-ring (bicyclic) bond motifs is 1. The Morgan fingerprint density at radius 1 is 1.16 bits per heavy atom. The highest BCUT2D eigenvalue weighted by molar-refractivity contribution is 6.03. The second-order valence-corrected chi connectivity index (χ2v) is 7.53. The first-order chi connectivity index (χ1) is 14.8. The zero-order valence-corrected chi connectivity index (χ0v) is 18.2. The topological polar surface area (TPSA) is 107 Å². The third kappa shape index (κ3) is 5.35. The van der Waals surface area contributed by atoms with Gasteiger partial charge in [0.15, 0.2) is 0 Å². The Morgan fingerprint density at radius 3 is 2.61 bits per heavy atom. The van der Waals surface area contributed by atoms with E-state index in [2.05, 4.69) is 20.6 Å². The molecule has 162 valence electrons. The van der Waals surface area contributed by atoms with Crippen LogP contribution in [-0.4, -0.2) is 39.4 Å². The molecule has 1 atom stereocenters. The molecule has 3 N–H and O–H groups in total. The van der Waals surface area contributed by atoms with Crippen molar-refractivity contribution in [1.82, 2.24) is 20.2 Å². The number of benzene rings is 2. The Balaban J connectivity index is 1.67. The monoisotopic (exact) mass is 421 g/mol. The van der Waals surface area contributed by atoms with Crippen LogP contribution in [0.15, 0.2) is 47.3 Å². The van der Waals surface area contributed by atoms with E-state index in [0.717, 1.165) is 11.1 Å². The number of urea groups is 1. The molecule has 8 nitrogen and oxygen atoms in total. The molecule has 0 radical (unpaired) electrons. The summed E-state index contributed by atoms with van der Waals surface area (Å²) >= 11 is 0. The van der Waals surface area contributed by atoms with Crippen LogP contribution < -0.4 is 16.2 Å². The number of H-pyrrole nitrogens is 1. The van der Waals surface area contributed by atoms with E-state index in [-0.39, 0.29) is 12.1 Å². The lowest BCUT2D eigenvalue weighted by Crippen LogP contribution is -2.48. The van der Waals surface area contributed by atoms with Crippen LogP contribution in [0.1, 0.15) is 30.8 Å². The van der Waals surface area contributed by atoms with Crippen molar-refractivity contribution in [2.75, 3.05) is 11.9 Å². The summed E-state index contributed by atoms with van der Waals surface area (Å²) in [6.45, 7) is 8.27. The van der Waals surface area contributed by atoms with Gasteiger partial charge in [0.1, 0.15) is 5.82 Å². The van der Waals surface area contributed by atoms with E-state index in [1.54, 1.807) is 31.2 Å². The smallest absolute Gasteiger partial charge is 0.309 e. The molecule has 3 aromatic rings. The van der Waals surface area contributed by atoms with Gasteiger partial charge in [-0.3, -0.25) is 19.8 Å². The number of aryl methyl sites for hydroxylation is 2. The first-order valence-electron chi connectivity index (χ1n) is 10.2. The number of carbonyl (C=O) groups excluding carboxylic acids is 2. The van der Waals surface area contributed by atoms with Crippen molar-refractivity contribution in [3.05, 3.63) is 69.8 Å². The number of carbonyl (C=O) groups is 2. The van der Waals surface area contributed by atoms with Crippen molar-refractivity contribution in [2.45, 2.75) is 40.3 Å². The van der Waals surface area contributed by atoms with E-state index in [4.69, 9.17) is 0 Å². The first kappa shape index (κ1) is 22.2. The number of para-hydroxylation sites is 1. The minimum Gasteiger partial charge on any atom is -0.309 e. The molecule has 0 saturated heterocycles. The fraction of sp³-hybridized carbons (Fsp3) is 0.304. The number of nitrogens with zero attached hydrogens (tertiary/aromatic N) is 2. The number of imide groups is 1. The highest BCUT2D eigenvalue weighted by atomic mass is 16.2. The summed E-state index contributed by atoms with van der Waals surface area (Å²) in [4.78, 5) is 46.3. The van der Waals surface area contributed by atoms with Crippen molar-refractivity contribution in [2.24, 2.45) is 0 Å². The largest absolute Gasteiger partial charge is 0.325 e. The average Bonchev–Trinajstić information content (AvgIpc) is 2.73. The third-order valence-corrected chi connectivity index (χ3v) is 5.21. The average molecular weight is 422 g/mol. The maximum atomic E-state index is 12.6. The Kier molecular flexibility index (Phi) is 6.81. The molecule has 8 heteroatoms. The zero-order chi connectivity index (χ0) is 22.5. The van der Waals surface area contributed by atoms with Gasteiger partial charge in [-0.2, -0.15) is 0 Å². The lowest BCUT2D eigenvalue weighted by molar-refractivity contribution is -0.124. The molecule has 2 aromatic carbocycles. The van der Waals surface area contributed by atoms with E-state index < -0.39 is 18.0 Å². The molecular formula is C23H27N5O3. The van der Waals surface area contributed by atoms with Gasteiger partial charge in [0.25, 0.3) is 5.56 Å². The molecule has 0 aliphatic rings. The maximum Gasteiger partial charge on any atom is 0.325 e. The van der Waals surface area contributed by atoms with E-state index in [1.165, 1.54) is 0 Å². The van der Waals surface area contributed by atoms with Crippen molar-refractivity contribution in [1.29, 1.82) is 0 Å². The second-order valence-electron chi connectivity index (χ2n) is 7.53. The van der Waals surface area contributed by atoms with Crippen LogP contribution in [0.25, 0.3) is 10.9 Å². The number of aromatic amines is 1. The number of anilines is 1. The molecule has 0 fully saturated rings. The first-order valence-corrected chi connectivity index (χ1v) is 10.2. The summed E-state index contributed by atoms with van der Waals surface area (Å²) in [6.07, 6.45) is 0. The Hall–Kier alpha value is -3.52. The number of amides is 3. The van der Waals surface area contributed by atoms with E-state index in [1.807, 2.05) is 43.9 Å². The van der Waals surface area contributed by atoms with Crippen LogP contribution in [0.4, 0.5) is 10.5 Å². The molecule has 0 saturated carbocycles. The number of likely N-dealkylation sites (N-methyl/N-ethyl adjacent to an activating group) is 1. The van der Waals surface area contributed by atoms with Crippen LogP contribution >= 0.6 is 0 Å². The molecule has 3 amide bonds. The SMILES string of the molecule is CCN(Cc1nc2ccccc2c(=O)[nH]1)C(C)C(=O)NC(=O)Nc1ccc(C)cc1C. The molecular weight excluding hydrogens is 394 g/mol. The van der Waals surface area contributed by atoms with Gasteiger partial charge in [0.05, 0.1) is 23.5 Å². The molecule has 31 heavy (non-hydrogen) atoms. The number of hydrogen-bond donors (Lipinski definition) is 3. The molecule has 3 rings (SSSR count). The van der Waals surface area contributed by atoms with Gasteiger partial charge >= 0.3 is 6.03 Å². The van der Waals surface area contributed by atoms with Crippen LogP contribution in [0.5, 0.6) is 0 Å². The lowest BCUT2D eigenvalue weighted by Gasteiger charge is -2.26. The molecule has 1 heterocycles. The van der Waals surface area contributed by atoms with E-state index >= 15 is 0 Å². The molecule has 1 aromatic heterocycles. The van der Waals surface area contributed by atoms with Crippen molar-refractivity contribution in [3.8, 4) is 0 Å². The summed E-state index contributed by atoms with van der Waals surface area (Å²) in [5.74, 6) is 0.0252. The molecule has 1 unspecified atom stereocenters. The van der Waals surface area contributed by atoms with Crippen LogP contribution in [0.3, 0.4) is 0 Å². The highest BCUT2D eigenvalue weighted by Gasteiger charge is 2.23. The minimum absolute atomic E-state index is 0.221. The summed E-state index contributed by atoms with van der Waals surface area (Å²) in [6, 6.07) is 11.6. The normalized spacial score (nSPS) is 12.0. The van der Waals surface area contributed by atoms with E-state index in [9.17, 15) is 14.4 Å². The standard InChI is InChI=1S/C23H27N5O3/c1-5-28(13-20-24-19-9-7-6-8-17(19)22(30)26-20)16(4)21(29)27-23(31)25-18-11-10-14(2)12-15(18)3/h6-12,16H,5,13H2,1-4H3,(H,24,26,30)(H2,25,27,29,31). The maximum absolute atomic E-state index is 12.6. The van der Waals surface area contributed by atoms with Gasteiger partial charge in [0.2, 0.25) is 5.91 Å². The van der Waals surface area contributed by atoms with Crippen LogP contribution in [0.2, 0.25) is 0 Å². The second kappa shape index (κ2) is 9.53. The molecule has 0 spiro atoms. The number of hydrogen-bond acceptors (Lipinski definition) is 5. The summed E-state index contributed by atoms with van der Waals surface area (Å²) in [5, 5.41) is 5.61. The number of rotatable bonds is 6. The van der Waals surface area contributed by atoms with Gasteiger partial charge in [-0.15, -0.1) is 0 Å². The van der Waals surface area contributed by atoms with Crippen molar-refractivity contribution < 1.29 is 9.59 Å². The fourth-order valence-electron chi connectivity index (χ4n) is 3.41. The number of nitrogens with one attached hydrogen (secondary N) is 3. The Labute approximate surface area is 180 Å². The summed E-state index contributed by atoms with van der Waals surface area (Å²) in [7, 11) is 0. The van der Waals surface area contributed by atoms with Gasteiger partial charge in [-0.05, 0) is 51.1 Å². The number of aromatic nitrogens is 2. The Bertz CT molecular complexity index is 1170. The van der Waals surface area contributed by atoms with Crippen molar-refractivity contribution in [3.63, 3.8) is 0 Å². The summed E-state index contributed by atoms with van der Waals surface area (Å²) < 4.78 is 0. The van der Waals surface area contributed by atoms with Crippen LogP contribution in [-0.2, 0) is 11.3 Å². The van der Waals surface area contributed by atoms with E-state index in [0.29, 0.717) is 29.0 Å². The molecule has 0 aliphatic heterocycles.